The van der Waals surface area contributed by atoms with E-state index < -0.39 is 0 Å². The molecule has 0 amide bonds. The Morgan fingerprint density at radius 1 is 1.75 bits per heavy atom. The van der Waals surface area contributed by atoms with E-state index in [-0.39, 0.29) is 0 Å². The average molecular weight is 126 g/mol. The number of nitrogens with zero attached hydrogens (tertiary/aromatic N) is 2. The van der Waals surface area contributed by atoms with Crippen molar-refractivity contribution in [2.75, 3.05) is 0 Å². The Morgan fingerprint density at radius 2 is 2.50 bits per heavy atom. The molecule has 0 aliphatic carbocycles. The third-order valence-electron chi connectivity index (χ3n) is 0.716. The van der Waals surface area contributed by atoms with Crippen LogP contribution < -0.4 is 0 Å². The van der Waals surface area contributed by atoms with Crippen LogP contribution in [0, 0.1) is 0 Å². The normalized spacial score (nSPS) is 16.1. The van der Waals surface area contributed by atoms with Crippen molar-refractivity contribution in [3.63, 3.8) is 0 Å². The highest BCUT2D eigenvalue weighted by molar-refractivity contribution is 6.40. The molecule has 1 rings (SSSR count). The highest BCUT2D eigenvalue weighted by Crippen LogP contribution is 2.10. The fourth-order valence-corrected chi connectivity index (χ4v) is 0.550. The van der Waals surface area contributed by atoms with Crippen molar-refractivity contribution in [2.45, 2.75) is 0 Å². The zero-order chi connectivity index (χ0) is 5.98. The maximum Gasteiger partial charge on any atom is 0.0834 e. The molecular weight excluding hydrogens is 124 g/mol. The summed E-state index contributed by atoms with van der Waals surface area (Å²) in [7, 11) is 0. The molecule has 8 heavy (non-hydrogen) atoms. The van der Waals surface area contributed by atoms with Crippen molar-refractivity contribution >= 4 is 23.7 Å². The Labute approximate surface area is 51.7 Å². The van der Waals surface area contributed by atoms with Crippen LogP contribution in [0.25, 0.3) is 5.41 Å². The van der Waals surface area contributed by atoms with Gasteiger partial charge in [-0.25, -0.2) is 10.9 Å². The lowest BCUT2D eigenvalue weighted by Gasteiger charge is -1.78. The molecule has 0 aromatic rings. The monoisotopic (exact) mass is 125 g/mol. The first-order valence-corrected chi connectivity index (χ1v) is 2.39. The van der Waals surface area contributed by atoms with Crippen LogP contribution >= 0.6 is 11.6 Å². The number of halogens is 1. The van der Waals surface area contributed by atoms with Crippen LogP contribution in [0.5, 0.6) is 0 Å². The first kappa shape index (κ1) is 5.29. The molecule has 0 radical (unpaired) electrons. The van der Waals surface area contributed by atoms with E-state index in [2.05, 4.69) is 4.99 Å². The first-order chi connectivity index (χ1) is 3.83. The number of hydrogen-bond acceptors (Lipinski definition) is 1. The second-order valence-electron chi connectivity index (χ2n) is 1.28. The van der Waals surface area contributed by atoms with Crippen LogP contribution in [0.4, 0.5) is 0 Å². The summed E-state index contributed by atoms with van der Waals surface area (Å²) in [5.74, 6) is 1.85. The molecule has 0 fully saturated rings. The largest absolute Gasteiger partial charge is 0.761 e. The van der Waals surface area contributed by atoms with Gasteiger partial charge in [0.25, 0.3) is 0 Å². The molecule has 0 bridgehead atoms. The van der Waals surface area contributed by atoms with Gasteiger partial charge in [0, 0.05) is 6.21 Å². The molecule has 0 unspecified atom stereocenters. The minimum absolute atomic E-state index is 0.370. The summed E-state index contributed by atoms with van der Waals surface area (Å²) in [5.41, 5.74) is 0.370. The van der Waals surface area contributed by atoms with Gasteiger partial charge in [-0.15, -0.1) is 0 Å². The number of hydrogen-bond donors (Lipinski definition) is 0. The van der Waals surface area contributed by atoms with Gasteiger partial charge in [-0.1, -0.05) is 11.6 Å². The van der Waals surface area contributed by atoms with Gasteiger partial charge in [0.05, 0.1) is 10.7 Å². The third-order valence-corrected chi connectivity index (χ3v) is 0.923. The Bertz CT molecular complexity index is 208. The molecule has 2 nitrogen and oxygen atoms in total. The minimum Gasteiger partial charge on any atom is -0.761 e. The van der Waals surface area contributed by atoms with Gasteiger partial charge >= 0.3 is 0 Å². The van der Waals surface area contributed by atoms with Crippen molar-refractivity contribution in [3.05, 3.63) is 22.2 Å². The summed E-state index contributed by atoms with van der Waals surface area (Å²) < 4.78 is 0. The molecule has 0 aromatic heterocycles. The quantitative estimate of drug-likeness (QED) is 0.438. The molecule has 1 aliphatic heterocycles. The summed E-state index contributed by atoms with van der Waals surface area (Å²) in [6, 6.07) is 0. The van der Waals surface area contributed by atoms with E-state index in [1.165, 1.54) is 12.3 Å². The van der Waals surface area contributed by atoms with Crippen LogP contribution in [-0.4, -0.2) is 12.1 Å². The van der Waals surface area contributed by atoms with E-state index in [0.29, 0.717) is 10.7 Å². The fourth-order valence-electron chi connectivity index (χ4n) is 0.397. The fraction of sp³-hybridized carbons (Fsp3) is 0. The number of allylic oxidation sites excluding steroid dienone is 2. The molecule has 0 atom stereocenters. The Balaban J connectivity index is 3.01. The van der Waals surface area contributed by atoms with Crippen molar-refractivity contribution in [1.82, 2.24) is 0 Å². The lowest BCUT2D eigenvalue weighted by atomic mass is 10.5. The van der Waals surface area contributed by atoms with Gasteiger partial charge in [-0.3, -0.25) is 0 Å². The Hall–Kier alpha value is -0.850. The van der Waals surface area contributed by atoms with E-state index in [1.807, 2.05) is 5.87 Å². The smallest absolute Gasteiger partial charge is 0.0834 e. The van der Waals surface area contributed by atoms with E-state index in [1.54, 1.807) is 0 Å². The van der Waals surface area contributed by atoms with E-state index >= 15 is 0 Å². The summed E-state index contributed by atoms with van der Waals surface area (Å²) in [6.45, 7) is 0. The molecule has 0 N–H and O–H groups in total. The zero-order valence-corrected chi connectivity index (χ0v) is 4.68. The van der Waals surface area contributed by atoms with Crippen LogP contribution in [0.3, 0.4) is 0 Å². The summed E-state index contributed by atoms with van der Waals surface area (Å²) >= 11 is 5.43. The van der Waals surface area contributed by atoms with Gasteiger partial charge in [-0.2, -0.15) is 0 Å². The summed E-state index contributed by atoms with van der Waals surface area (Å²) in [5, 5.41) is 8.70. The molecule has 0 aromatic carbocycles. The maximum atomic E-state index is 8.18. The zero-order valence-electron chi connectivity index (χ0n) is 3.93. The van der Waals surface area contributed by atoms with E-state index in [4.69, 9.17) is 17.0 Å². The molecule has 3 heteroatoms. The highest BCUT2D eigenvalue weighted by atomic mass is 35.5. The lowest BCUT2D eigenvalue weighted by Crippen LogP contribution is -1.60. The van der Waals surface area contributed by atoms with Gasteiger partial charge in [0.15, 0.2) is 0 Å². The lowest BCUT2D eigenvalue weighted by molar-refractivity contribution is 1.53. The first-order valence-electron chi connectivity index (χ1n) is 2.01. The van der Waals surface area contributed by atoms with E-state index in [0.717, 1.165) is 0 Å². The molecule has 0 saturated carbocycles. The van der Waals surface area contributed by atoms with Crippen molar-refractivity contribution in [1.29, 1.82) is 0 Å². The average Bonchev–Trinajstić information content (AvgIpc) is 2.14. The number of rotatable bonds is 0. The van der Waals surface area contributed by atoms with Gasteiger partial charge in [0.2, 0.25) is 0 Å². The second-order valence-corrected chi connectivity index (χ2v) is 1.72. The predicted octanol–water partition coefficient (Wildman–Crippen LogP) is 1.32. The third kappa shape index (κ3) is 0.861. The highest BCUT2D eigenvalue weighted by Gasteiger charge is 1.95. The predicted molar refractivity (Wildman–Crippen MR) is 34.3 cm³/mol. The van der Waals surface area contributed by atoms with Gasteiger partial charge in [0.1, 0.15) is 0 Å². The topological polar surface area (TPSA) is 34.7 Å². The molecular formula is C5H2ClN2-. The van der Waals surface area contributed by atoms with Crippen molar-refractivity contribution < 1.29 is 0 Å². The van der Waals surface area contributed by atoms with Crippen molar-refractivity contribution in [3.8, 4) is 0 Å². The minimum atomic E-state index is 0.370. The summed E-state index contributed by atoms with van der Waals surface area (Å²) in [4.78, 5) is 3.64. The van der Waals surface area contributed by atoms with Crippen LogP contribution in [-0.2, 0) is 0 Å². The van der Waals surface area contributed by atoms with Crippen LogP contribution in [0.2, 0.25) is 0 Å². The van der Waals surface area contributed by atoms with E-state index in [9.17, 15) is 0 Å². The van der Waals surface area contributed by atoms with Gasteiger partial charge < -0.3 is 5.41 Å². The molecule has 0 saturated heterocycles. The Kier molecular flexibility index (Phi) is 1.29. The summed E-state index contributed by atoms with van der Waals surface area (Å²) in [6.07, 6.45) is 2.96. The molecule has 1 heterocycles. The SMILES string of the molecule is [N-]=C=C1C=C(Cl)C=N1. The molecule has 0 spiro atoms. The van der Waals surface area contributed by atoms with Gasteiger partial charge in [-0.05, 0) is 6.08 Å². The molecule has 1 aliphatic rings. The standard InChI is InChI=1S/C5H2ClN2/c6-4-1-5(2-7)8-3-4/h1,3H/q-1. The van der Waals surface area contributed by atoms with Crippen molar-refractivity contribution in [2.24, 2.45) is 4.99 Å². The maximum absolute atomic E-state index is 8.18. The van der Waals surface area contributed by atoms with Crippen LogP contribution in [0.15, 0.2) is 21.8 Å². The second kappa shape index (κ2) is 1.95. The molecule has 40 valence electrons. The Morgan fingerprint density at radius 3 is 2.75 bits per heavy atom. The number of aliphatic imine (C=N–C) groups is 1. The van der Waals surface area contributed by atoms with Crippen LogP contribution in [0.1, 0.15) is 0 Å².